The fraction of sp³-hybridized carbons (Fsp3) is 0.206. The Morgan fingerprint density at radius 1 is 0.918 bits per heavy atom. The lowest BCUT2D eigenvalue weighted by Crippen LogP contribution is -2.37. The van der Waals surface area contributed by atoms with Gasteiger partial charge in [0.15, 0.2) is 5.75 Å². The van der Waals surface area contributed by atoms with Crippen LogP contribution in [0.3, 0.4) is 0 Å². The number of carbonyl (C=O) groups is 2. The maximum absolute atomic E-state index is 12.5. The van der Waals surface area contributed by atoms with Crippen molar-refractivity contribution >= 4 is 115 Å². The topological polar surface area (TPSA) is 307 Å². The predicted octanol–water partition coefficient (Wildman–Crippen LogP) is 7.03. The average molecular weight is 920 g/mol. The zero-order valence-electron chi connectivity index (χ0n) is 31.5. The van der Waals surface area contributed by atoms with Gasteiger partial charge in [0.25, 0.3) is 10.1 Å². The molecule has 0 atom stereocenters. The van der Waals surface area contributed by atoms with E-state index in [4.69, 9.17) is 19.4 Å². The molecule has 4 aromatic carbocycles. The molecule has 1 fully saturated rings. The molecule has 23 nitrogen and oxygen atoms in total. The van der Waals surface area contributed by atoms with Gasteiger partial charge >= 0.3 is 5.97 Å². The molecule has 1 aliphatic rings. The van der Waals surface area contributed by atoms with Crippen molar-refractivity contribution in [2.45, 2.75) is 28.5 Å². The number of phenolic OH excluding ortho intramolecular Hbond substituents is 1. The van der Waals surface area contributed by atoms with E-state index < -0.39 is 38.3 Å². The molecule has 0 spiro atoms. The molecule has 0 bridgehead atoms. The van der Waals surface area contributed by atoms with Gasteiger partial charge in [0.2, 0.25) is 23.8 Å². The number of nitrogens with one attached hydrogen (secondary N) is 3. The number of aryl methyl sites for hydroxylation is 1. The van der Waals surface area contributed by atoms with Crippen LogP contribution in [0.2, 0.25) is 0 Å². The van der Waals surface area contributed by atoms with Crippen LogP contribution in [0.1, 0.15) is 12.5 Å². The number of benzene rings is 4. The number of anilines is 6. The van der Waals surface area contributed by atoms with E-state index >= 15 is 0 Å². The number of aromatic hydroxyl groups is 1. The monoisotopic (exact) mass is 919 g/mol. The van der Waals surface area contributed by atoms with Crippen LogP contribution in [-0.4, -0.2) is 87.5 Å². The quantitative estimate of drug-likeness (QED) is 0.0116. The van der Waals surface area contributed by atoms with Crippen molar-refractivity contribution in [2.24, 2.45) is 10.2 Å². The van der Waals surface area contributed by atoms with Gasteiger partial charge in [-0.2, -0.15) is 23.4 Å². The van der Waals surface area contributed by atoms with E-state index in [9.17, 15) is 27.7 Å². The standard InChI is InChI=1S/C34H33N9O14S4/c1-18-12-20-14-26(60-57-55-48)30(31(46)29(20)25(13-18)35-19(2)44)42-41-24-16-22(6-7-27(24)61(49,50)51)37-33-38-32(39-34(40-33)43-8-10-52-11-9-43)36-21-4-3-5-23(15-21)59-53-28(45)17-58-56-54-47/h3-7,12-16,46-48H,8-11,17H2,1-2H3,(H,35,44)(H,49,50,51)(H2,36,37,38,39,40). The van der Waals surface area contributed by atoms with Crippen molar-refractivity contribution < 1.29 is 65.8 Å². The van der Waals surface area contributed by atoms with Gasteiger partial charge in [0.05, 0.1) is 52.8 Å². The van der Waals surface area contributed by atoms with Gasteiger partial charge in [-0.1, -0.05) is 22.2 Å². The summed E-state index contributed by atoms with van der Waals surface area (Å²) in [6, 6.07) is 15.2. The van der Waals surface area contributed by atoms with E-state index in [1.54, 1.807) is 43.3 Å². The Morgan fingerprint density at radius 3 is 2.33 bits per heavy atom. The predicted molar refractivity (Wildman–Crippen MR) is 221 cm³/mol. The van der Waals surface area contributed by atoms with Crippen molar-refractivity contribution in [3.63, 3.8) is 0 Å². The number of rotatable bonds is 18. The van der Waals surface area contributed by atoms with Gasteiger partial charge in [-0.15, -0.1) is 18.9 Å². The van der Waals surface area contributed by atoms with Gasteiger partial charge in [0, 0.05) is 48.8 Å². The van der Waals surface area contributed by atoms with Crippen LogP contribution in [0.15, 0.2) is 85.6 Å². The minimum absolute atomic E-state index is 0.000305. The van der Waals surface area contributed by atoms with Crippen LogP contribution in [0.4, 0.5) is 46.3 Å². The zero-order valence-corrected chi connectivity index (χ0v) is 34.8. The molecular formula is C34H33N9O14S4. The number of ether oxygens (including phenoxy) is 1. The summed E-state index contributed by atoms with van der Waals surface area (Å²) in [4.78, 5) is 39.4. The van der Waals surface area contributed by atoms with E-state index in [0.29, 0.717) is 66.4 Å². The summed E-state index contributed by atoms with van der Waals surface area (Å²) in [6.45, 7) is 4.81. The number of aromatic nitrogens is 3. The molecule has 322 valence electrons. The Balaban J connectivity index is 1.34. The summed E-state index contributed by atoms with van der Waals surface area (Å²) < 4.78 is 54.6. The molecule has 0 unspecified atom stereocenters. The molecule has 6 rings (SSSR count). The number of carbonyl (C=O) groups excluding carboxylic acids is 2. The fourth-order valence-corrected chi connectivity index (χ4v) is 7.59. The third-order valence-corrected chi connectivity index (χ3v) is 10.8. The number of amides is 1. The molecule has 1 aliphatic heterocycles. The van der Waals surface area contributed by atoms with E-state index in [1.807, 2.05) is 4.90 Å². The highest BCUT2D eigenvalue weighted by molar-refractivity contribution is 7.96. The first-order valence-electron chi connectivity index (χ1n) is 17.3. The lowest BCUT2D eigenvalue weighted by atomic mass is 10.0. The highest BCUT2D eigenvalue weighted by Gasteiger charge is 2.22. The number of hydrogen-bond acceptors (Lipinski definition) is 24. The third-order valence-electron chi connectivity index (χ3n) is 8.00. The summed E-state index contributed by atoms with van der Waals surface area (Å²) in [6.07, 6.45) is 0. The van der Waals surface area contributed by atoms with Crippen LogP contribution < -0.4 is 20.9 Å². The fourth-order valence-electron chi connectivity index (χ4n) is 5.61. The van der Waals surface area contributed by atoms with E-state index in [2.05, 4.69) is 59.9 Å². The molecule has 5 aromatic rings. The largest absolute Gasteiger partial charge is 0.505 e. The SMILES string of the molecule is CC(=O)Nc1cc(C)cc2cc(SOOO)c(N=Nc3cc(Nc4nc(Nc5cccc(SOC(=O)CSOOO)c5)nc(N5CCOCC5)n4)ccc3S(=O)(=O)O)c(O)c12. The number of azo groups is 1. The van der Waals surface area contributed by atoms with Crippen LogP contribution in [0, 0.1) is 6.92 Å². The molecule has 0 radical (unpaired) electrons. The van der Waals surface area contributed by atoms with Gasteiger partial charge in [0.1, 0.15) is 22.0 Å². The molecule has 2 heterocycles. The smallest absolute Gasteiger partial charge is 0.330 e. The van der Waals surface area contributed by atoms with Gasteiger partial charge in [-0.3, -0.25) is 14.1 Å². The Bertz CT molecular complexity index is 2550. The average Bonchev–Trinajstić information content (AvgIpc) is 3.21. The summed E-state index contributed by atoms with van der Waals surface area (Å²) in [5.41, 5.74) is 0.973. The van der Waals surface area contributed by atoms with Gasteiger partial charge < -0.3 is 34.9 Å². The van der Waals surface area contributed by atoms with Crippen molar-refractivity contribution in [2.75, 3.05) is 52.9 Å². The van der Waals surface area contributed by atoms with E-state index in [-0.39, 0.29) is 50.9 Å². The highest BCUT2D eigenvalue weighted by atomic mass is 32.2. The molecule has 7 N–H and O–H groups in total. The minimum Gasteiger partial charge on any atom is -0.505 e. The lowest BCUT2D eigenvalue weighted by molar-refractivity contribution is -0.432. The molecule has 1 aromatic heterocycles. The first-order valence-corrected chi connectivity index (χ1v) is 21.1. The van der Waals surface area contributed by atoms with Gasteiger partial charge in [-0.25, -0.2) is 10.5 Å². The Labute approximate surface area is 358 Å². The molecule has 1 saturated heterocycles. The Kier molecular flexibility index (Phi) is 15.5. The Morgan fingerprint density at radius 2 is 1.64 bits per heavy atom. The number of nitrogens with zero attached hydrogens (tertiary/aromatic N) is 6. The molecule has 0 aliphatic carbocycles. The van der Waals surface area contributed by atoms with Crippen molar-refractivity contribution in [1.82, 2.24) is 15.0 Å². The number of morpholine rings is 1. The summed E-state index contributed by atoms with van der Waals surface area (Å²) in [5, 5.41) is 53.4. The third kappa shape index (κ3) is 12.3. The summed E-state index contributed by atoms with van der Waals surface area (Å²) in [5.74, 6) is -1.48. The lowest BCUT2D eigenvalue weighted by Gasteiger charge is -2.27. The van der Waals surface area contributed by atoms with Crippen molar-refractivity contribution in [3.05, 3.63) is 66.2 Å². The highest BCUT2D eigenvalue weighted by Crippen LogP contribution is 2.47. The molecule has 61 heavy (non-hydrogen) atoms. The number of phenols is 1. The van der Waals surface area contributed by atoms with E-state index in [0.717, 1.165) is 23.7 Å². The van der Waals surface area contributed by atoms with Crippen molar-refractivity contribution in [3.8, 4) is 5.75 Å². The van der Waals surface area contributed by atoms with Crippen LogP contribution >= 0.6 is 36.1 Å². The molecule has 0 saturated carbocycles. The second kappa shape index (κ2) is 20.9. The summed E-state index contributed by atoms with van der Waals surface area (Å²) in [7, 11) is -4.90. The second-order valence-electron chi connectivity index (χ2n) is 12.4. The molecule has 27 heteroatoms. The second-order valence-corrected chi connectivity index (χ2v) is 15.9. The number of hydrogen-bond donors (Lipinski definition) is 7. The normalized spacial score (nSPS) is 13.1. The van der Waals surface area contributed by atoms with E-state index in [1.165, 1.54) is 25.1 Å². The first-order chi connectivity index (χ1) is 29.3. The van der Waals surface area contributed by atoms with Crippen LogP contribution in [0.25, 0.3) is 10.8 Å². The minimum atomic E-state index is -4.90. The van der Waals surface area contributed by atoms with Crippen LogP contribution in [0.5, 0.6) is 5.75 Å². The van der Waals surface area contributed by atoms with Crippen molar-refractivity contribution in [1.29, 1.82) is 0 Å². The Hall–Kier alpha value is -5.43. The molecule has 1 amide bonds. The molecular weight excluding hydrogens is 887 g/mol. The van der Waals surface area contributed by atoms with Crippen LogP contribution in [-0.2, 0) is 47.4 Å². The summed E-state index contributed by atoms with van der Waals surface area (Å²) >= 11 is 1.75. The zero-order chi connectivity index (χ0) is 43.5. The first kappa shape index (κ1) is 45.1. The maximum atomic E-state index is 12.5. The number of fused-ring (bicyclic) bond motifs is 1. The maximum Gasteiger partial charge on any atom is 0.330 e. The van der Waals surface area contributed by atoms with Gasteiger partial charge in [-0.05, 0) is 66.4 Å².